The Morgan fingerprint density at radius 2 is 1.81 bits per heavy atom. The Bertz CT molecular complexity index is 692. The summed E-state index contributed by atoms with van der Waals surface area (Å²) < 4.78 is 10.8. The van der Waals surface area contributed by atoms with Crippen LogP contribution >= 0.6 is 24.8 Å². The van der Waals surface area contributed by atoms with E-state index in [0.29, 0.717) is 23.2 Å². The Hall–Kier alpha value is -2.02. The van der Waals surface area contributed by atoms with E-state index in [2.05, 4.69) is 15.6 Å². The van der Waals surface area contributed by atoms with Crippen LogP contribution in [-0.2, 0) is 4.79 Å². The van der Waals surface area contributed by atoms with E-state index in [1.165, 1.54) is 0 Å². The number of benzene rings is 1. The number of rotatable bonds is 6. The first-order valence-electron chi connectivity index (χ1n) is 7.95. The van der Waals surface area contributed by atoms with Crippen molar-refractivity contribution in [3.63, 3.8) is 0 Å². The van der Waals surface area contributed by atoms with Crippen molar-refractivity contribution < 1.29 is 14.3 Å². The number of nitrogens with zero attached hydrogens (tertiary/aromatic N) is 1. The number of hydrogen-bond donors (Lipinski definition) is 2. The summed E-state index contributed by atoms with van der Waals surface area (Å²) in [7, 11) is 1.62. The number of aromatic nitrogens is 1. The molecule has 142 valence electrons. The van der Waals surface area contributed by atoms with Crippen LogP contribution in [0.2, 0.25) is 0 Å². The standard InChI is InChI=1S/C18H21N3O3.2ClH/c1-12(13-9-19-10-13)18(22)21-14-3-8-17(20-11-14)24-16-6-4-15(23-2)5-7-16;;/h3-8,11-13,19H,9-10H2,1-2H3,(H,21,22);2*1H. The Labute approximate surface area is 165 Å². The topological polar surface area (TPSA) is 72.5 Å². The molecule has 0 aliphatic carbocycles. The maximum atomic E-state index is 12.2. The van der Waals surface area contributed by atoms with Crippen molar-refractivity contribution >= 4 is 36.4 Å². The van der Waals surface area contributed by atoms with E-state index >= 15 is 0 Å². The number of anilines is 1. The van der Waals surface area contributed by atoms with Crippen molar-refractivity contribution in [2.75, 3.05) is 25.5 Å². The second kappa shape index (κ2) is 10.2. The molecule has 0 bridgehead atoms. The van der Waals surface area contributed by atoms with Gasteiger partial charge in [0.15, 0.2) is 0 Å². The van der Waals surface area contributed by atoms with Gasteiger partial charge in [-0.1, -0.05) is 6.92 Å². The van der Waals surface area contributed by atoms with Gasteiger partial charge in [0.1, 0.15) is 11.5 Å². The first-order chi connectivity index (χ1) is 11.7. The minimum absolute atomic E-state index is 0. The van der Waals surface area contributed by atoms with Crippen molar-refractivity contribution in [3.05, 3.63) is 42.6 Å². The third kappa shape index (κ3) is 5.49. The Morgan fingerprint density at radius 3 is 2.31 bits per heavy atom. The monoisotopic (exact) mass is 399 g/mol. The molecule has 0 saturated carbocycles. The average molecular weight is 400 g/mol. The summed E-state index contributed by atoms with van der Waals surface area (Å²) in [5.74, 6) is 2.33. The predicted molar refractivity (Wildman–Crippen MR) is 106 cm³/mol. The van der Waals surface area contributed by atoms with E-state index in [1.54, 1.807) is 25.4 Å². The van der Waals surface area contributed by atoms with Gasteiger partial charge in [-0.2, -0.15) is 0 Å². The number of pyridine rings is 1. The average Bonchev–Trinajstić information content (AvgIpc) is 2.55. The smallest absolute Gasteiger partial charge is 0.227 e. The zero-order valence-electron chi connectivity index (χ0n) is 14.6. The van der Waals surface area contributed by atoms with Gasteiger partial charge in [0.2, 0.25) is 11.8 Å². The van der Waals surface area contributed by atoms with Crippen molar-refractivity contribution in [2.45, 2.75) is 6.92 Å². The summed E-state index contributed by atoms with van der Waals surface area (Å²) in [6, 6.07) is 10.8. The van der Waals surface area contributed by atoms with Crippen LogP contribution in [-0.4, -0.2) is 31.1 Å². The second-order valence-corrected chi connectivity index (χ2v) is 5.86. The van der Waals surface area contributed by atoms with E-state index < -0.39 is 0 Å². The molecule has 2 aromatic rings. The molecule has 0 spiro atoms. The van der Waals surface area contributed by atoms with Crippen LogP contribution in [0.25, 0.3) is 0 Å². The molecular weight excluding hydrogens is 377 g/mol. The number of hydrogen-bond acceptors (Lipinski definition) is 5. The SMILES string of the molecule is COc1ccc(Oc2ccc(NC(=O)C(C)C3CNC3)cn2)cc1.Cl.Cl. The van der Waals surface area contributed by atoms with Gasteiger partial charge in [0.25, 0.3) is 0 Å². The van der Waals surface area contributed by atoms with Crippen molar-refractivity contribution in [1.82, 2.24) is 10.3 Å². The summed E-state index contributed by atoms with van der Waals surface area (Å²) in [4.78, 5) is 16.4. The van der Waals surface area contributed by atoms with Gasteiger partial charge in [0.05, 0.1) is 19.0 Å². The third-order valence-corrected chi connectivity index (χ3v) is 4.22. The van der Waals surface area contributed by atoms with E-state index in [-0.39, 0.29) is 36.6 Å². The maximum Gasteiger partial charge on any atom is 0.227 e. The molecule has 26 heavy (non-hydrogen) atoms. The van der Waals surface area contributed by atoms with Crippen LogP contribution in [0, 0.1) is 11.8 Å². The van der Waals surface area contributed by atoms with Crippen molar-refractivity contribution in [1.29, 1.82) is 0 Å². The molecule has 2 heterocycles. The van der Waals surface area contributed by atoms with Crippen molar-refractivity contribution in [2.24, 2.45) is 11.8 Å². The number of methoxy groups -OCH3 is 1. The summed E-state index contributed by atoms with van der Waals surface area (Å²) in [6.07, 6.45) is 1.60. The van der Waals surface area contributed by atoms with Crippen LogP contribution < -0.4 is 20.1 Å². The molecule has 3 rings (SSSR count). The fourth-order valence-electron chi connectivity index (χ4n) is 2.41. The first kappa shape index (κ1) is 22.0. The highest BCUT2D eigenvalue weighted by atomic mass is 35.5. The van der Waals surface area contributed by atoms with E-state index in [0.717, 1.165) is 18.8 Å². The Morgan fingerprint density at radius 1 is 1.15 bits per heavy atom. The number of carbonyl (C=O) groups is 1. The molecule has 6 nitrogen and oxygen atoms in total. The summed E-state index contributed by atoms with van der Waals surface area (Å²) in [5.41, 5.74) is 0.668. The molecule has 1 fully saturated rings. The van der Waals surface area contributed by atoms with E-state index in [9.17, 15) is 4.79 Å². The van der Waals surface area contributed by atoms with Gasteiger partial charge in [-0.15, -0.1) is 24.8 Å². The van der Waals surface area contributed by atoms with Gasteiger partial charge < -0.3 is 20.1 Å². The predicted octanol–water partition coefficient (Wildman–Crippen LogP) is 3.52. The molecule has 0 radical (unpaired) electrons. The number of halogens is 2. The maximum absolute atomic E-state index is 12.2. The summed E-state index contributed by atoms with van der Waals surface area (Å²) >= 11 is 0. The van der Waals surface area contributed by atoms with Gasteiger partial charge in [-0.25, -0.2) is 4.98 Å². The lowest BCUT2D eigenvalue weighted by molar-refractivity contribution is -0.121. The van der Waals surface area contributed by atoms with Gasteiger partial charge >= 0.3 is 0 Å². The number of nitrogens with one attached hydrogen (secondary N) is 2. The third-order valence-electron chi connectivity index (χ3n) is 4.22. The molecule has 1 aliphatic heterocycles. The zero-order chi connectivity index (χ0) is 16.9. The molecule has 1 aromatic carbocycles. The fourth-order valence-corrected chi connectivity index (χ4v) is 2.41. The van der Waals surface area contributed by atoms with Crippen LogP contribution in [0.4, 0.5) is 5.69 Å². The highest BCUT2D eigenvalue weighted by Gasteiger charge is 2.28. The minimum Gasteiger partial charge on any atom is -0.497 e. The Kier molecular flexibility index (Phi) is 8.65. The zero-order valence-corrected chi connectivity index (χ0v) is 16.2. The van der Waals surface area contributed by atoms with E-state index in [1.807, 2.05) is 31.2 Å². The number of carbonyl (C=O) groups excluding carboxylic acids is 1. The second-order valence-electron chi connectivity index (χ2n) is 5.86. The molecule has 1 atom stereocenters. The lowest BCUT2D eigenvalue weighted by Gasteiger charge is -2.31. The minimum atomic E-state index is -0.0125. The van der Waals surface area contributed by atoms with Gasteiger partial charge in [-0.05, 0) is 49.3 Å². The molecule has 1 unspecified atom stereocenters. The number of amides is 1. The summed E-state index contributed by atoms with van der Waals surface area (Å²) in [6.45, 7) is 3.76. The quantitative estimate of drug-likeness (QED) is 0.777. The summed E-state index contributed by atoms with van der Waals surface area (Å²) in [5, 5.41) is 6.08. The molecule has 2 N–H and O–H groups in total. The normalized spacial score (nSPS) is 14.1. The molecule has 1 aromatic heterocycles. The lowest BCUT2D eigenvalue weighted by Crippen LogP contribution is -2.48. The van der Waals surface area contributed by atoms with Crippen molar-refractivity contribution in [3.8, 4) is 17.4 Å². The van der Waals surface area contributed by atoms with E-state index in [4.69, 9.17) is 9.47 Å². The molecular formula is C18H23Cl2N3O3. The lowest BCUT2D eigenvalue weighted by atomic mass is 9.88. The molecule has 1 aliphatic rings. The molecule has 1 amide bonds. The van der Waals surface area contributed by atoms with Crippen LogP contribution in [0.5, 0.6) is 17.4 Å². The van der Waals surface area contributed by atoms with Crippen LogP contribution in [0.15, 0.2) is 42.6 Å². The van der Waals surface area contributed by atoms with Crippen LogP contribution in [0.1, 0.15) is 6.92 Å². The fraction of sp³-hybridized carbons (Fsp3) is 0.333. The highest BCUT2D eigenvalue weighted by Crippen LogP contribution is 2.23. The van der Waals surface area contributed by atoms with Crippen LogP contribution in [0.3, 0.4) is 0 Å². The Balaban J connectivity index is 0.00000169. The molecule has 8 heteroatoms. The first-order valence-corrected chi connectivity index (χ1v) is 7.95. The largest absolute Gasteiger partial charge is 0.497 e. The number of ether oxygens (including phenoxy) is 2. The van der Waals surface area contributed by atoms with Gasteiger partial charge in [-0.3, -0.25) is 4.79 Å². The highest BCUT2D eigenvalue weighted by molar-refractivity contribution is 5.92. The molecule has 1 saturated heterocycles. The van der Waals surface area contributed by atoms with Gasteiger partial charge in [0, 0.05) is 12.0 Å².